The smallest absolute Gasteiger partial charge is 0.0517 e. The van der Waals surface area contributed by atoms with Crippen LogP contribution in [0.15, 0.2) is 24.4 Å². The van der Waals surface area contributed by atoms with Crippen LogP contribution in [0.25, 0.3) is 0 Å². The van der Waals surface area contributed by atoms with Gasteiger partial charge < -0.3 is 10.5 Å². The standard InChI is InChI=1S/C9H18N2O/c1-7(6-9(3)12)4-5-8(2)11-10/h4-5,7,9,11-12H,2,6,10H2,1,3H3/b5-4-/t7?,9-/m1/s1. The van der Waals surface area contributed by atoms with Crippen molar-refractivity contribution in [2.45, 2.75) is 26.4 Å². The highest BCUT2D eigenvalue weighted by Crippen LogP contribution is 2.07. The Bertz CT molecular complexity index is 164. The van der Waals surface area contributed by atoms with Gasteiger partial charge in [0.25, 0.3) is 0 Å². The van der Waals surface area contributed by atoms with Crippen LogP contribution in [0.5, 0.6) is 0 Å². The summed E-state index contributed by atoms with van der Waals surface area (Å²) < 4.78 is 0. The Balaban J connectivity index is 3.74. The lowest BCUT2D eigenvalue weighted by atomic mass is 10.0. The van der Waals surface area contributed by atoms with Gasteiger partial charge in [0.05, 0.1) is 6.10 Å². The molecular formula is C9H18N2O. The van der Waals surface area contributed by atoms with Crippen LogP contribution < -0.4 is 11.3 Å². The predicted molar refractivity (Wildman–Crippen MR) is 51.1 cm³/mol. The molecular weight excluding hydrogens is 152 g/mol. The first-order valence-electron chi connectivity index (χ1n) is 4.08. The second kappa shape index (κ2) is 5.80. The van der Waals surface area contributed by atoms with Crippen LogP contribution in [-0.4, -0.2) is 11.2 Å². The minimum atomic E-state index is -0.260. The first-order chi connectivity index (χ1) is 5.56. The third kappa shape index (κ3) is 5.95. The molecule has 2 atom stereocenters. The number of rotatable bonds is 5. The van der Waals surface area contributed by atoms with Gasteiger partial charge in [0.2, 0.25) is 0 Å². The number of nitrogens with one attached hydrogen (secondary N) is 1. The SMILES string of the molecule is C=C(/C=C\C(C)C[C@@H](C)O)NN. The third-order valence-electron chi connectivity index (χ3n) is 1.52. The number of aliphatic hydroxyl groups excluding tert-OH is 1. The largest absolute Gasteiger partial charge is 0.393 e. The molecule has 0 aliphatic heterocycles. The van der Waals surface area contributed by atoms with Gasteiger partial charge in [0.1, 0.15) is 0 Å². The van der Waals surface area contributed by atoms with E-state index in [-0.39, 0.29) is 6.10 Å². The summed E-state index contributed by atoms with van der Waals surface area (Å²) in [7, 11) is 0. The van der Waals surface area contributed by atoms with Crippen LogP contribution in [-0.2, 0) is 0 Å². The quantitative estimate of drug-likeness (QED) is 0.327. The topological polar surface area (TPSA) is 58.3 Å². The van der Waals surface area contributed by atoms with Crippen molar-refractivity contribution in [2.24, 2.45) is 11.8 Å². The van der Waals surface area contributed by atoms with Crippen molar-refractivity contribution in [1.29, 1.82) is 0 Å². The van der Waals surface area contributed by atoms with Crippen LogP contribution in [0.1, 0.15) is 20.3 Å². The maximum Gasteiger partial charge on any atom is 0.0517 e. The first-order valence-corrected chi connectivity index (χ1v) is 4.08. The van der Waals surface area contributed by atoms with E-state index in [0.29, 0.717) is 11.6 Å². The Labute approximate surface area is 73.9 Å². The fraction of sp³-hybridized carbons (Fsp3) is 0.556. The van der Waals surface area contributed by atoms with Crippen molar-refractivity contribution in [3.05, 3.63) is 24.4 Å². The minimum absolute atomic E-state index is 0.260. The molecule has 0 saturated carbocycles. The van der Waals surface area contributed by atoms with Crippen LogP contribution in [0, 0.1) is 5.92 Å². The molecule has 0 rings (SSSR count). The van der Waals surface area contributed by atoms with Crippen molar-refractivity contribution in [3.8, 4) is 0 Å². The van der Waals surface area contributed by atoms with Gasteiger partial charge in [-0.05, 0) is 25.3 Å². The van der Waals surface area contributed by atoms with E-state index in [1.54, 1.807) is 6.92 Å². The van der Waals surface area contributed by atoms with Gasteiger partial charge >= 0.3 is 0 Å². The van der Waals surface area contributed by atoms with Crippen molar-refractivity contribution < 1.29 is 5.11 Å². The molecule has 0 fully saturated rings. The highest BCUT2D eigenvalue weighted by atomic mass is 16.3. The van der Waals surface area contributed by atoms with Gasteiger partial charge in [-0.25, -0.2) is 0 Å². The van der Waals surface area contributed by atoms with Gasteiger partial charge in [-0.2, -0.15) is 0 Å². The van der Waals surface area contributed by atoms with Crippen molar-refractivity contribution in [2.75, 3.05) is 0 Å². The second-order valence-corrected chi connectivity index (χ2v) is 3.09. The van der Waals surface area contributed by atoms with E-state index in [2.05, 4.69) is 12.0 Å². The molecule has 0 bridgehead atoms. The van der Waals surface area contributed by atoms with E-state index < -0.39 is 0 Å². The average molecular weight is 170 g/mol. The Morgan fingerprint density at radius 3 is 2.67 bits per heavy atom. The summed E-state index contributed by atoms with van der Waals surface area (Å²) in [6.07, 6.45) is 4.28. The number of allylic oxidation sites excluding steroid dienone is 2. The van der Waals surface area contributed by atoms with E-state index in [4.69, 9.17) is 10.9 Å². The monoisotopic (exact) mass is 170 g/mol. The van der Waals surface area contributed by atoms with Gasteiger partial charge in [0, 0.05) is 5.70 Å². The summed E-state index contributed by atoms with van der Waals surface area (Å²) in [6, 6.07) is 0. The summed E-state index contributed by atoms with van der Waals surface area (Å²) in [4.78, 5) is 0. The predicted octanol–water partition coefficient (Wildman–Crippen LogP) is 0.927. The highest BCUT2D eigenvalue weighted by Gasteiger charge is 2.01. The van der Waals surface area contributed by atoms with E-state index in [1.165, 1.54) is 0 Å². The van der Waals surface area contributed by atoms with Gasteiger partial charge in [0.15, 0.2) is 0 Å². The molecule has 0 amide bonds. The van der Waals surface area contributed by atoms with E-state index in [0.717, 1.165) is 6.42 Å². The normalized spacial score (nSPS) is 16.0. The molecule has 12 heavy (non-hydrogen) atoms. The van der Waals surface area contributed by atoms with Crippen LogP contribution in [0.4, 0.5) is 0 Å². The number of aliphatic hydroxyl groups is 1. The van der Waals surface area contributed by atoms with Gasteiger partial charge in [-0.3, -0.25) is 5.84 Å². The lowest BCUT2D eigenvalue weighted by Crippen LogP contribution is -2.18. The van der Waals surface area contributed by atoms with Crippen LogP contribution in [0.2, 0.25) is 0 Å². The molecule has 0 spiro atoms. The summed E-state index contributed by atoms with van der Waals surface area (Å²) >= 11 is 0. The number of nitrogens with two attached hydrogens (primary N) is 1. The van der Waals surface area contributed by atoms with Crippen molar-refractivity contribution >= 4 is 0 Å². The number of hydrazine groups is 1. The van der Waals surface area contributed by atoms with Gasteiger partial charge in [-0.15, -0.1) is 0 Å². The molecule has 0 aliphatic rings. The second-order valence-electron chi connectivity index (χ2n) is 3.09. The fourth-order valence-corrected chi connectivity index (χ4v) is 0.945. The molecule has 4 N–H and O–H groups in total. The molecule has 0 saturated heterocycles. The lowest BCUT2D eigenvalue weighted by molar-refractivity contribution is 0.172. The van der Waals surface area contributed by atoms with Gasteiger partial charge in [-0.1, -0.05) is 19.6 Å². The first kappa shape index (κ1) is 11.2. The maximum absolute atomic E-state index is 9.05. The molecule has 3 heteroatoms. The summed E-state index contributed by atoms with van der Waals surface area (Å²) in [6.45, 7) is 7.45. The van der Waals surface area contributed by atoms with Crippen LogP contribution in [0.3, 0.4) is 0 Å². The zero-order chi connectivity index (χ0) is 9.56. The van der Waals surface area contributed by atoms with E-state index in [1.807, 2.05) is 19.1 Å². The van der Waals surface area contributed by atoms with Crippen LogP contribution >= 0.6 is 0 Å². The molecule has 0 aromatic heterocycles. The van der Waals surface area contributed by atoms with E-state index in [9.17, 15) is 0 Å². The highest BCUT2D eigenvalue weighted by molar-refractivity contribution is 5.11. The molecule has 0 heterocycles. The zero-order valence-corrected chi connectivity index (χ0v) is 7.75. The molecule has 3 nitrogen and oxygen atoms in total. The summed E-state index contributed by atoms with van der Waals surface area (Å²) in [5.41, 5.74) is 3.10. The maximum atomic E-state index is 9.05. The molecule has 1 unspecified atom stereocenters. The summed E-state index contributed by atoms with van der Waals surface area (Å²) in [5, 5.41) is 9.05. The fourth-order valence-electron chi connectivity index (χ4n) is 0.945. The molecule has 70 valence electrons. The average Bonchev–Trinajstić information content (AvgIpc) is 1.99. The lowest BCUT2D eigenvalue weighted by Gasteiger charge is -2.08. The Hall–Kier alpha value is -0.800. The minimum Gasteiger partial charge on any atom is -0.393 e. The zero-order valence-electron chi connectivity index (χ0n) is 7.75. The number of hydrogen-bond donors (Lipinski definition) is 3. The molecule has 0 aromatic rings. The van der Waals surface area contributed by atoms with E-state index >= 15 is 0 Å². The number of hydrogen-bond acceptors (Lipinski definition) is 3. The third-order valence-corrected chi connectivity index (χ3v) is 1.52. The molecule has 0 aromatic carbocycles. The molecule has 0 radical (unpaired) electrons. The Morgan fingerprint density at radius 2 is 2.25 bits per heavy atom. The Morgan fingerprint density at radius 1 is 1.67 bits per heavy atom. The van der Waals surface area contributed by atoms with Crippen molar-refractivity contribution in [1.82, 2.24) is 5.43 Å². The summed E-state index contributed by atoms with van der Waals surface area (Å²) in [5.74, 6) is 5.45. The molecule has 0 aliphatic carbocycles. The Kier molecular flexibility index (Phi) is 5.41. The van der Waals surface area contributed by atoms with Crippen molar-refractivity contribution in [3.63, 3.8) is 0 Å².